The summed E-state index contributed by atoms with van der Waals surface area (Å²) in [5.74, 6) is -0.471. The fourth-order valence-electron chi connectivity index (χ4n) is 3.65. The van der Waals surface area contributed by atoms with E-state index in [1.54, 1.807) is 30.3 Å². The molecule has 0 bridgehead atoms. The zero-order chi connectivity index (χ0) is 22.5. The minimum Gasteiger partial charge on any atom is -0.869 e. The Kier molecular flexibility index (Phi) is 14.2. The summed E-state index contributed by atoms with van der Waals surface area (Å²) in [5, 5.41) is 12.5. The molecule has 5 nitrogen and oxygen atoms in total. The van der Waals surface area contributed by atoms with Crippen LogP contribution in [0, 0.1) is 0 Å². The van der Waals surface area contributed by atoms with Crippen LogP contribution < -0.4 is 39.4 Å². The molecule has 0 fully saturated rings. The van der Waals surface area contributed by atoms with E-state index in [4.69, 9.17) is 4.74 Å². The minimum absolute atomic E-state index is 0. The second-order valence-corrected chi connectivity index (χ2v) is 9.49. The summed E-state index contributed by atoms with van der Waals surface area (Å²) >= 11 is 0. The van der Waals surface area contributed by atoms with Crippen molar-refractivity contribution in [3.05, 3.63) is 48.0 Å². The van der Waals surface area contributed by atoms with Crippen LogP contribution in [0.5, 0.6) is 17.2 Å². The van der Waals surface area contributed by atoms with E-state index in [0.717, 1.165) is 19.3 Å². The molecule has 2 aromatic carbocycles. The molecule has 0 amide bonds. The molecule has 0 radical (unpaired) electrons. The first-order valence-electron chi connectivity index (χ1n) is 11.5. The van der Waals surface area contributed by atoms with Crippen molar-refractivity contribution in [1.82, 2.24) is 0 Å². The molecular formula is C25H35NaO5S. The van der Waals surface area contributed by atoms with Gasteiger partial charge in [0.2, 0.25) is 0 Å². The van der Waals surface area contributed by atoms with Crippen molar-refractivity contribution in [1.29, 1.82) is 0 Å². The number of rotatable bonds is 15. The van der Waals surface area contributed by atoms with Gasteiger partial charge < -0.3 is 9.84 Å². The predicted octanol–water partition coefficient (Wildman–Crippen LogP) is 3.66. The molecule has 0 spiro atoms. The maximum Gasteiger partial charge on any atom is 1.00 e. The molecule has 0 heterocycles. The molecule has 0 aliphatic carbocycles. The summed E-state index contributed by atoms with van der Waals surface area (Å²) in [5.41, 5.74) is 0.675. The van der Waals surface area contributed by atoms with Gasteiger partial charge in [0.1, 0.15) is 11.5 Å². The van der Waals surface area contributed by atoms with E-state index in [9.17, 15) is 18.1 Å². The summed E-state index contributed by atoms with van der Waals surface area (Å²) in [6, 6.07) is 11.6. The first kappa shape index (κ1) is 29.0. The molecule has 1 N–H and O–H groups in total. The predicted molar refractivity (Wildman–Crippen MR) is 122 cm³/mol. The maximum absolute atomic E-state index is 12.5. The molecule has 0 saturated heterocycles. The molecule has 172 valence electrons. The van der Waals surface area contributed by atoms with Crippen molar-refractivity contribution in [2.24, 2.45) is 0 Å². The Bertz CT molecular complexity index is 885. The second-order valence-electron chi connectivity index (χ2n) is 8.10. The summed E-state index contributed by atoms with van der Waals surface area (Å²) in [6.45, 7) is 2.23. The number of benzene rings is 2. The molecule has 0 aromatic heterocycles. The molecule has 32 heavy (non-hydrogen) atoms. The first-order valence-corrected chi connectivity index (χ1v) is 12.9. The molecule has 2 aromatic rings. The van der Waals surface area contributed by atoms with E-state index >= 15 is 0 Å². The van der Waals surface area contributed by atoms with Crippen molar-refractivity contribution >= 4 is 10.1 Å². The summed E-state index contributed by atoms with van der Waals surface area (Å²) in [7, 11) is -4.62. The Labute approximate surface area is 215 Å². The molecular weight excluding hydrogens is 435 g/mol. The van der Waals surface area contributed by atoms with Crippen LogP contribution >= 0.6 is 0 Å². The number of unbranched alkanes of at least 4 members (excludes halogenated alkanes) is 10. The van der Waals surface area contributed by atoms with E-state index < -0.39 is 20.8 Å². The fourth-order valence-corrected chi connectivity index (χ4v) is 4.29. The normalized spacial score (nSPS) is 11.2. The van der Waals surface area contributed by atoms with Crippen LogP contribution in [0.2, 0.25) is 0 Å². The van der Waals surface area contributed by atoms with E-state index in [2.05, 4.69) is 6.92 Å². The van der Waals surface area contributed by atoms with Crippen LogP contribution in [-0.2, 0) is 16.5 Å². The van der Waals surface area contributed by atoms with Gasteiger partial charge in [-0.1, -0.05) is 89.3 Å². The van der Waals surface area contributed by atoms with Crippen LogP contribution in [0.3, 0.4) is 0 Å². The first-order chi connectivity index (χ1) is 14.9. The average molecular weight is 471 g/mol. The zero-order valence-electron chi connectivity index (χ0n) is 19.5. The molecule has 0 unspecified atom stereocenters. The maximum atomic E-state index is 12.5. The van der Waals surface area contributed by atoms with Gasteiger partial charge in [0.15, 0.2) is 0 Å². The molecule has 0 atom stereocenters. The van der Waals surface area contributed by atoms with Crippen molar-refractivity contribution in [3.8, 4) is 17.2 Å². The quantitative estimate of drug-likeness (QED) is 0.244. The van der Waals surface area contributed by atoms with Crippen molar-refractivity contribution in [2.75, 3.05) is 0 Å². The Morgan fingerprint density at radius 2 is 1.38 bits per heavy atom. The zero-order valence-corrected chi connectivity index (χ0v) is 22.3. The van der Waals surface area contributed by atoms with Crippen LogP contribution in [-0.4, -0.2) is 13.0 Å². The third-order valence-electron chi connectivity index (χ3n) is 5.40. The van der Waals surface area contributed by atoms with Gasteiger partial charge in [-0.25, -0.2) is 0 Å². The number of aryl methyl sites for hydroxylation is 1. The van der Waals surface area contributed by atoms with Gasteiger partial charge in [0.05, 0.1) is 4.90 Å². The van der Waals surface area contributed by atoms with Gasteiger partial charge in [-0.3, -0.25) is 4.55 Å². The van der Waals surface area contributed by atoms with Gasteiger partial charge >= 0.3 is 29.6 Å². The Morgan fingerprint density at radius 1 is 0.844 bits per heavy atom. The Hall–Kier alpha value is -1.05. The van der Waals surface area contributed by atoms with Gasteiger partial charge in [0, 0.05) is 0 Å². The van der Waals surface area contributed by atoms with Crippen molar-refractivity contribution in [2.45, 2.75) is 88.9 Å². The molecule has 7 heteroatoms. The number of para-hydroxylation sites is 1. The van der Waals surface area contributed by atoms with E-state index in [0.29, 0.717) is 17.7 Å². The summed E-state index contributed by atoms with van der Waals surface area (Å²) in [4.78, 5) is -0.626. The van der Waals surface area contributed by atoms with E-state index in [1.165, 1.54) is 57.4 Å². The minimum atomic E-state index is -4.62. The van der Waals surface area contributed by atoms with Gasteiger partial charge in [-0.15, -0.1) is 0 Å². The number of hydrogen-bond donors (Lipinski definition) is 1. The Morgan fingerprint density at radius 3 is 1.91 bits per heavy atom. The topological polar surface area (TPSA) is 86.7 Å². The van der Waals surface area contributed by atoms with Crippen molar-refractivity contribution < 1.29 is 52.4 Å². The molecule has 0 aliphatic heterocycles. The average Bonchev–Trinajstić information content (AvgIpc) is 2.74. The van der Waals surface area contributed by atoms with Crippen molar-refractivity contribution in [3.63, 3.8) is 0 Å². The van der Waals surface area contributed by atoms with Crippen LogP contribution in [0.15, 0.2) is 47.4 Å². The van der Waals surface area contributed by atoms with Crippen LogP contribution in [0.4, 0.5) is 0 Å². The standard InChI is InChI=1S/C25H36O5S.Na/c1-2-3-4-5-6-7-8-9-10-11-13-16-21-19-23(30-22-17-14-12-15-18-22)25(26)24(20-21)31(27,28)29;/h12,14-15,17-20,26H,2-11,13,16H2,1H3,(H,27,28,29);/q;+1/p-1. The van der Waals surface area contributed by atoms with Crippen LogP contribution in [0.1, 0.15) is 83.1 Å². The third-order valence-corrected chi connectivity index (χ3v) is 6.26. The monoisotopic (exact) mass is 470 g/mol. The molecule has 2 rings (SSSR count). The van der Waals surface area contributed by atoms with Gasteiger partial charge in [-0.2, -0.15) is 8.42 Å². The smallest absolute Gasteiger partial charge is 0.869 e. The largest absolute Gasteiger partial charge is 1.00 e. The molecule has 0 saturated carbocycles. The van der Waals surface area contributed by atoms with Crippen LogP contribution in [0.25, 0.3) is 0 Å². The second kappa shape index (κ2) is 15.7. The van der Waals surface area contributed by atoms with Gasteiger partial charge in [0.25, 0.3) is 10.1 Å². The van der Waals surface area contributed by atoms with E-state index in [1.807, 2.05) is 6.07 Å². The summed E-state index contributed by atoms with van der Waals surface area (Å²) < 4.78 is 38.4. The summed E-state index contributed by atoms with van der Waals surface area (Å²) in [6.07, 6.45) is 14.1. The SMILES string of the molecule is CCCCCCCCCCCCCc1cc(Oc2ccccc2)c([O-])c(S(=O)(=O)O)c1.[Na+]. The third kappa shape index (κ3) is 10.7. The van der Waals surface area contributed by atoms with Gasteiger partial charge in [-0.05, 0) is 48.4 Å². The number of ether oxygens (including phenoxy) is 1. The fraction of sp³-hybridized carbons (Fsp3) is 0.520. The Balaban J connectivity index is 0.00000512. The van der Waals surface area contributed by atoms with E-state index in [-0.39, 0.29) is 35.3 Å². The molecule has 0 aliphatic rings. The number of hydrogen-bond acceptors (Lipinski definition) is 4.